The van der Waals surface area contributed by atoms with Crippen LogP contribution in [-0.2, 0) is 6.18 Å². The van der Waals surface area contributed by atoms with Gasteiger partial charge in [0.1, 0.15) is 0 Å². The molecule has 1 saturated heterocycles. The van der Waals surface area contributed by atoms with Crippen LogP contribution in [-0.4, -0.2) is 49.8 Å². The lowest BCUT2D eigenvalue weighted by Gasteiger charge is -2.22. The van der Waals surface area contributed by atoms with E-state index in [0.29, 0.717) is 25.2 Å². The Morgan fingerprint density at radius 1 is 1.43 bits per heavy atom. The maximum absolute atomic E-state index is 12.9. The number of urea groups is 1. The molecule has 2 amide bonds. The Hall–Kier alpha value is -1.96. The molecule has 8 heteroatoms. The number of anilines is 2. The summed E-state index contributed by atoms with van der Waals surface area (Å²) in [5.41, 5.74) is -0.209. The van der Waals surface area contributed by atoms with Gasteiger partial charge in [-0.05, 0) is 24.6 Å². The Kier molecular flexibility index (Phi) is 5.03. The number of nitrogens with one attached hydrogen (secondary N) is 1. The lowest BCUT2D eigenvalue weighted by Crippen LogP contribution is -2.33. The molecule has 1 aliphatic heterocycles. The smallest absolute Gasteiger partial charge is 0.396 e. The SMILES string of the molecule is CN(C)c1ccc(C(F)(F)F)cc1NC(=O)N1CCC(CO)C1. The van der Waals surface area contributed by atoms with Gasteiger partial charge < -0.3 is 20.2 Å². The van der Waals surface area contributed by atoms with Crippen molar-refractivity contribution in [1.29, 1.82) is 0 Å². The number of carbonyl (C=O) groups excluding carboxylic acids is 1. The zero-order valence-corrected chi connectivity index (χ0v) is 13.0. The van der Waals surface area contributed by atoms with Crippen LogP contribution in [0.3, 0.4) is 0 Å². The van der Waals surface area contributed by atoms with Gasteiger partial charge in [0.2, 0.25) is 0 Å². The number of hydrogen-bond donors (Lipinski definition) is 2. The number of hydrogen-bond acceptors (Lipinski definition) is 3. The second kappa shape index (κ2) is 6.66. The van der Waals surface area contributed by atoms with Crippen LogP contribution in [0.2, 0.25) is 0 Å². The zero-order chi connectivity index (χ0) is 17.2. The van der Waals surface area contributed by atoms with Crippen molar-refractivity contribution in [1.82, 2.24) is 4.90 Å². The number of rotatable bonds is 3. The van der Waals surface area contributed by atoms with Crippen LogP contribution in [0.5, 0.6) is 0 Å². The summed E-state index contributed by atoms with van der Waals surface area (Å²) < 4.78 is 38.6. The van der Waals surface area contributed by atoms with E-state index in [1.165, 1.54) is 11.0 Å². The molecular formula is C15H20F3N3O2. The van der Waals surface area contributed by atoms with Crippen molar-refractivity contribution in [3.63, 3.8) is 0 Å². The van der Waals surface area contributed by atoms with Crippen molar-refractivity contribution in [2.45, 2.75) is 12.6 Å². The van der Waals surface area contributed by atoms with Gasteiger partial charge >= 0.3 is 12.2 Å². The molecule has 5 nitrogen and oxygen atoms in total. The molecule has 0 bridgehead atoms. The predicted molar refractivity (Wildman–Crippen MR) is 81.6 cm³/mol. The summed E-state index contributed by atoms with van der Waals surface area (Å²) in [6.07, 6.45) is -3.78. The molecule has 0 radical (unpaired) electrons. The number of halogens is 3. The minimum atomic E-state index is -4.47. The van der Waals surface area contributed by atoms with Crippen molar-refractivity contribution in [2.75, 3.05) is 44.0 Å². The van der Waals surface area contributed by atoms with E-state index in [2.05, 4.69) is 5.32 Å². The summed E-state index contributed by atoms with van der Waals surface area (Å²) in [5.74, 6) is 0.0237. The molecule has 0 aliphatic carbocycles. The molecule has 1 aromatic rings. The molecule has 0 spiro atoms. The first-order chi connectivity index (χ1) is 10.7. The number of benzene rings is 1. The van der Waals surface area contributed by atoms with Gasteiger partial charge in [-0.3, -0.25) is 0 Å². The lowest BCUT2D eigenvalue weighted by molar-refractivity contribution is -0.137. The average Bonchev–Trinajstić information content (AvgIpc) is 2.95. The monoisotopic (exact) mass is 331 g/mol. The van der Waals surface area contributed by atoms with Gasteiger partial charge in [0, 0.05) is 39.7 Å². The Morgan fingerprint density at radius 2 is 2.13 bits per heavy atom. The largest absolute Gasteiger partial charge is 0.416 e. The summed E-state index contributed by atoms with van der Waals surface area (Å²) >= 11 is 0. The molecule has 128 valence electrons. The van der Waals surface area contributed by atoms with Crippen LogP contribution in [0.25, 0.3) is 0 Å². The molecular weight excluding hydrogens is 311 g/mol. The molecule has 1 heterocycles. The van der Waals surface area contributed by atoms with E-state index < -0.39 is 17.8 Å². The first-order valence-electron chi connectivity index (χ1n) is 7.27. The fourth-order valence-electron chi connectivity index (χ4n) is 2.56. The molecule has 0 aromatic heterocycles. The highest BCUT2D eigenvalue weighted by molar-refractivity contribution is 5.93. The van der Waals surface area contributed by atoms with Gasteiger partial charge in [0.15, 0.2) is 0 Å². The standard InChI is InChI=1S/C15H20F3N3O2/c1-20(2)13-4-3-11(15(16,17)18)7-12(13)19-14(23)21-6-5-10(8-21)9-22/h3-4,7,10,22H,5-6,8-9H2,1-2H3,(H,19,23). The number of nitrogens with zero attached hydrogens (tertiary/aromatic N) is 2. The molecule has 2 N–H and O–H groups in total. The maximum Gasteiger partial charge on any atom is 0.416 e. The van der Waals surface area contributed by atoms with Gasteiger partial charge in [0.25, 0.3) is 0 Å². The number of carbonyl (C=O) groups is 1. The van der Waals surface area contributed by atoms with Crippen molar-refractivity contribution in [3.8, 4) is 0 Å². The van der Waals surface area contributed by atoms with Crippen LogP contribution < -0.4 is 10.2 Å². The first kappa shape index (κ1) is 17.4. The summed E-state index contributed by atoms with van der Waals surface area (Å²) in [6, 6.07) is 2.80. The zero-order valence-electron chi connectivity index (χ0n) is 13.0. The minimum absolute atomic E-state index is 0.00368. The normalized spacial score (nSPS) is 18.2. The maximum atomic E-state index is 12.9. The number of aliphatic hydroxyl groups excluding tert-OH is 1. The van der Waals surface area contributed by atoms with E-state index in [1.807, 2.05) is 0 Å². The van der Waals surface area contributed by atoms with E-state index in [-0.39, 0.29) is 18.2 Å². The van der Waals surface area contributed by atoms with Gasteiger partial charge in [-0.1, -0.05) is 0 Å². The molecule has 1 aromatic carbocycles. The Balaban J connectivity index is 2.21. The molecule has 23 heavy (non-hydrogen) atoms. The van der Waals surface area contributed by atoms with Crippen LogP contribution in [0.4, 0.5) is 29.3 Å². The number of amides is 2. The Labute approximate surface area is 132 Å². The van der Waals surface area contributed by atoms with E-state index >= 15 is 0 Å². The van der Waals surface area contributed by atoms with Crippen LogP contribution >= 0.6 is 0 Å². The van der Waals surface area contributed by atoms with Gasteiger partial charge in [-0.15, -0.1) is 0 Å². The summed E-state index contributed by atoms with van der Waals surface area (Å²) in [5, 5.41) is 11.7. The van der Waals surface area contributed by atoms with Crippen molar-refractivity contribution in [2.24, 2.45) is 5.92 Å². The van der Waals surface area contributed by atoms with Gasteiger partial charge in [-0.2, -0.15) is 13.2 Å². The third-order valence-corrected chi connectivity index (χ3v) is 3.88. The van der Waals surface area contributed by atoms with E-state index in [4.69, 9.17) is 5.11 Å². The average molecular weight is 331 g/mol. The fourth-order valence-corrected chi connectivity index (χ4v) is 2.56. The van der Waals surface area contributed by atoms with Crippen LogP contribution in [0.1, 0.15) is 12.0 Å². The van der Waals surface area contributed by atoms with Gasteiger partial charge in [0.05, 0.1) is 16.9 Å². The van der Waals surface area contributed by atoms with Crippen LogP contribution in [0.15, 0.2) is 18.2 Å². The highest BCUT2D eigenvalue weighted by Gasteiger charge is 2.32. The second-order valence-electron chi connectivity index (χ2n) is 5.84. The Bertz CT molecular complexity index is 576. The fraction of sp³-hybridized carbons (Fsp3) is 0.533. The summed E-state index contributed by atoms with van der Waals surface area (Å²) in [4.78, 5) is 15.4. The van der Waals surface area contributed by atoms with E-state index in [0.717, 1.165) is 12.1 Å². The quantitative estimate of drug-likeness (QED) is 0.895. The minimum Gasteiger partial charge on any atom is -0.396 e. The highest BCUT2D eigenvalue weighted by atomic mass is 19.4. The molecule has 1 unspecified atom stereocenters. The number of alkyl halides is 3. The third-order valence-electron chi connectivity index (χ3n) is 3.88. The number of likely N-dealkylation sites (tertiary alicyclic amines) is 1. The molecule has 1 fully saturated rings. The van der Waals surface area contributed by atoms with Crippen molar-refractivity contribution >= 4 is 17.4 Å². The topological polar surface area (TPSA) is 55.8 Å². The van der Waals surface area contributed by atoms with Crippen LogP contribution in [0, 0.1) is 5.92 Å². The lowest BCUT2D eigenvalue weighted by atomic mass is 10.1. The summed E-state index contributed by atoms with van der Waals surface area (Å²) in [7, 11) is 3.38. The highest BCUT2D eigenvalue weighted by Crippen LogP contribution is 2.35. The number of aliphatic hydroxyl groups is 1. The Morgan fingerprint density at radius 3 is 2.65 bits per heavy atom. The molecule has 1 aliphatic rings. The van der Waals surface area contributed by atoms with Crippen molar-refractivity contribution < 1.29 is 23.1 Å². The van der Waals surface area contributed by atoms with E-state index in [1.54, 1.807) is 19.0 Å². The van der Waals surface area contributed by atoms with Crippen molar-refractivity contribution in [3.05, 3.63) is 23.8 Å². The second-order valence-corrected chi connectivity index (χ2v) is 5.84. The third kappa shape index (κ3) is 4.07. The molecule has 1 atom stereocenters. The van der Waals surface area contributed by atoms with Gasteiger partial charge in [-0.25, -0.2) is 4.79 Å². The van der Waals surface area contributed by atoms with E-state index in [9.17, 15) is 18.0 Å². The molecule has 2 rings (SSSR count). The molecule has 0 saturated carbocycles. The summed E-state index contributed by atoms with van der Waals surface area (Å²) in [6.45, 7) is 0.877. The predicted octanol–water partition coefficient (Wildman–Crippen LogP) is 2.62. The first-order valence-corrected chi connectivity index (χ1v) is 7.27.